The number of ether oxygens (including phenoxy) is 2. The second kappa shape index (κ2) is 12.1. The number of unbranched alkanes of at least 4 members (excludes halogenated alkanes) is 1. The Labute approximate surface area is 180 Å². The molecular formula is C23H26N2O6. The van der Waals surface area contributed by atoms with Crippen LogP contribution in [0.3, 0.4) is 0 Å². The van der Waals surface area contributed by atoms with Gasteiger partial charge in [-0.3, -0.25) is 14.4 Å². The van der Waals surface area contributed by atoms with Crippen molar-refractivity contribution in [1.82, 2.24) is 5.32 Å². The standard InChI is InChI=1S/C23H26N2O6/c1-3-4-13-30-23(29)17-9-11-18(12-10-17)25-20(26)15-31-21(27)14-24-22(28)19-8-6-5-7-16(19)2/h5-12H,3-4,13-15H2,1-2H3,(H,24,28)(H,25,26). The first-order chi connectivity index (χ1) is 14.9. The lowest BCUT2D eigenvalue weighted by molar-refractivity contribution is -0.146. The topological polar surface area (TPSA) is 111 Å². The molecule has 0 radical (unpaired) electrons. The van der Waals surface area contributed by atoms with Crippen LogP contribution < -0.4 is 10.6 Å². The molecular weight excluding hydrogens is 400 g/mol. The summed E-state index contributed by atoms with van der Waals surface area (Å²) in [5.74, 6) is -2.10. The molecule has 0 aliphatic carbocycles. The number of hydrogen-bond acceptors (Lipinski definition) is 6. The summed E-state index contributed by atoms with van der Waals surface area (Å²) in [6.07, 6.45) is 1.73. The van der Waals surface area contributed by atoms with Crippen LogP contribution in [0.4, 0.5) is 5.69 Å². The molecule has 8 nitrogen and oxygen atoms in total. The molecule has 0 aliphatic heterocycles. The summed E-state index contributed by atoms with van der Waals surface area (Å²) in [5.41, 5.74) is 2.07. The molecule has 0 bridgehead atoms. The van der Waals surface area contributed by atoms with Gasteiger partial charge in [-0.1, -0.05) is 31.5 Å². The van der Waals surface area contributed by atoms with Gasteiger partial charge in [0.05, 0.1) is 12.2 Å². The zero-order valence-electron chi connectivity index (χ0n) is 17.6. The number of hydrogen-bond donors (Lipinski definition) is 2. The van der Waals surface area contributed by atoms with E-state index >= 15 is 0 Å². The molecule has 0 saturated heterocycles. The van der Waals surface area contributed by atoms with Crippen LogP contribution in [0.15, 0.2) is 48.5 Å². The molecule has 2 rings (SSSR count). The normalized spacial score (nSPS) is 10.1. The van der Waals surface area contributed by atoms with Crippen molar-refractivity contribution in [3.63, 3.8) is 0 Å². The molecule has 0 atom stereocenters. The Morgan fingerprint density at radius 1 is 0.935 bits per heavy atom. The van der Waals surface area contributed by atoms with E-state index in [1.165, 1.54) is 12.1 Å². The molecule has 0 fully saturated rings. The number of benzene rings is 2. The third-order valence-corrected chi connectivity index (χ3v) is 4.28. The van der Waals surface area contributed by atoms with Gasteiger partial charge in [0, 0.05) is 11.3 Å². The number of rotatable bonds is 10. The largest absolute Gasteiger partial charge is 0.462 e. The third-order valence-electron chi connectivity index (χ3n) is 4.28. The van der Waals surface area contributed by atoms with E-state index in [-0.39, 0.29) is 6.54 Å². The van der Waals surface area contributed by atoms with E-state index in [1.807, 2.05) is 13.0 Å². The van der Waals surface area contributed by atoms with Crippen LogP contribution in [-0.4, -0.2) is 43.5 Å². The van der Waals surface area contributed by atoms with E-state index in [0.29, 0.717) is 23.4 Å². The van der Waals surface area contributed by atoms with Gasteiger partial charge < -0.3 is 20.1 Å². The first-order valence-electron chi connectivity index (χ1n) is 9.97. The van der Waals surface area contributed by atoms with Crippen LogP contribution in [0, 0.1) is 6.92 Å². The smallest absolute Gasteiger partial charge is 0.338 e. The second-order valence-corrected chi connectivity index (χ2v) is 6.77. The molecule has 0 aliphatic rings. The fourth-order valence-corrected chi connectivity index (χ4v) is 2.55. The second-order valence-electron chi connectivity index (χ2n) is 6.77. The van der Waals surface area contributed by atoms with Crippen molar-refractivity contribution >= 4 is 29.4 Å². The van der Waals surface area contributed by atoms with Crippen molar-refractivity contribution in [3.8, 4) is 0 Å². The lowest BCUT2D eigenvalue weighted by Gasteiger charge is -2.09. The molecule has 0 unspecified atom stereocenters. The molecule has 164 valence electrons. The Balaban J connectivity index is 1.72. The zero-order chi connectivity index (χ0) is 22.6. The highest BCUT2D eigenvalue weighted by Gasteiger charge is 2.13. The lowest BCUT2D eigenvalue weighted by atomic mass is 10.1. The van der Waals surface area contributed by atoms with E-state index in [9.17, 15) is 19.2 Å². The molecule has 2 aromatic carbocycles. The number of amides is 2. The summed E-state index contributed by atoms with van der Waals surface area (Å²) in [7, 11) is 0. The number of esters is 2. The summed E-state index contributed by atoms with van der Waals surface area (Å²) in [5, 5.41) is 5.02. The zero-order valence-corrected chi connectivity index (χ0v) is 17.6. The third kappa shape index (κ3) is 7.93. The van der Waals surface area contributed by atoms with E-state index in [1.54, 1.807) is 37.3 Å². The Morgan fingerprint density at radius 3 is 2.32 bits per heavy atom. The number of carbonyl (C=O) groups excluding carboxylic acids is 4. The Hall–Kier alpha value is -3.68. The SMILES string of the molecule is CCCCOC(=O)c1ccc(NC(=O)COC(=O)CNC(=O)c2ccccc2C)cc1. The predicted molar refractivity (Wildman–Crippen MR) is 115 cm³/mol. The monoisotopic (exact) mass is 426 g/mol. The van der Waals surface area contributed by atoms with Gasteiger partial charge in [0.15, 0.2) is 6.61 Å². The first-order valence-corrected chi connectivity index (χ1v) is 9.97. The molecule has 0 saturated carbocycles. The number of nitrogens with one attached hydrogen (secondary N) is 2. The predicted octanol–water partition coefficient (Wildman–Crippen LogP) is 2.86. The van der Waals surface area contributed by atoms with Gasteiger partial charge in [-0.2, -0.15) is 0 Å². The quantitative estimate of drug-likeness (QED) is 0.446. The summed E-state index contributed by atoms with van der Waals surface area (Å²) >= 11 is 0. The van der Waals surface area contributed by atoms with Crippen LogP contribution in [0.25, 0.3) is 0 Å². The highest BCUT2D eigenvalue weighted by molar-refractivity contribution is 5.97. The molecule has 0 spiro atoms. The van der Waals surface area contributed by atoms with E-state index in [4.69, 9.17) is 9.47 Å². The van der Waals surface area contributed by atoms with Gasteiger partial charge in [0.2, 0.25) is 0 Å². The molecule has 0 aromatic heterocycles. The molecule has 0 heterocycles. The minimum absolute atomic E-state index is 0.352. The summed E-state index contributed by atoms with van der Waals surface area (Å²) in [4.78, 5) is 47.6. The summed E-state index contributed by atoms with van der Waals surface area (Å²) < 4.78 is 9.98. The summed E-state index contributed by atoms with van der Waals surface area (Å²) in [6, 6.07) is 13.2. The molecule has 2 N–H and O–H groups in total. The van der Waals surface area contributed by atoms with Crippen LogP contribution >= 0.6 is 0 Å². The Bertz CT molecular complexity index is 924. The van der Waals surface area contributed by atoms with Gasteiger partial charge in [0.25, 0.3) is 11.8 Å². The van der Waals surface area contributed by atoms with Crippen LogP contribution in [0.5, 0.6) is 0 Å². The van der Waals surface area contributed by atoms with E-state index < -0.39 is 30.4 Å². The number of carbonyl (C=O) groups is 4. The fourth-order valence-electron chi connectivity index (χ4n) is 2.55. The van der Waals surface area contributed by atoms with Crippen molar-refractivity contribution in [2.45, 2.75) is 26.7 Å². The van der Waals surface area contributed by atoms with Gasteiger partial charge in [-0.25, -0.2) is 4.79 Å². The molecule has 2 aromatic rings. The van der Waals surface area contributed by atoms with Crippen LogP contribution in [0.2, 0.25) is 0 Å². The molecule has 31 heavy (non-hydrogen) atoms. The highest BCUT2D eigenvalue weighted by Crippen LogP contribution is 2.11. The van der Waals surface area contributed by atoms with Gasteiger partial charge in [-0.05, 0) is 49.2 Å². The maximum absolute atomic E-state index is 12.1. The minimum Gasteiger partial charge on any atom is -0.462 e. The fraction of sp³-hybridized carbons (Fsp3) is 0.304. The van der Waals surface area contributed by atoms with E-state index in [2.05, 4.69) is 10.6 Å². The van der Waals surface area contributed by atoms with Gasteiger partial charge >= 0.3 is 11.9 Å². The maximum atomic E-state index is 12.1. The number of aryl methyl sites for hydroxylation is 1. The highest BCUT2D eigenvalue weighted by atomic mass is 16.5. The lowest BCUT2D eigenvalue weighted by Crippen LogP contribution is -2.32. The Morgan fingerprint density at radius 2 is 1.65 bits per heavy atom. The van der Waals surface area contributed by atoms with Crippen molar-refractivity contribution in [1.29, 1.82) is 0 Å². The van der Waals surface area contributed by atoms with Gasteiger partial charge in [0.1, 0.15) is 6.54 Å². The average Bonchev–Trinajstić information content (AvgIpc) is 2.77. The molecule has 2 amide bonds. The van der Waals surface area contributed by atoms with Crippen molar-refractivity contribution < 1.29 is 28.7 Å². The first kappa shape index (κ1) is 23.6. The van der Waals surface area contributed by atoms with Crippen LogP contribution in [0.1, 0.15) is 46.0 Å². The average molecular weight is 426 g/mol. The van der Waals surface area contributed by atoms with Gasteiger partial charge in [-0.15, -0.1) is 0 Å². The van der Waals surface area contributed by atoms with E-state index in [0.717, 1.165) is 18.4 Å². The number of anilines is 1. The molecule has 8 heteroatoms. The van der Waals surface area contributed by atoms with Crippen LogP contribution in [-0.2, 0) is 19.1 Å². The van der Waals surface area contributed by atoms with Crippen molar-refractivity contribution in [3.05, 3.63) is 65.2 Å². The Kier molecular flexibility index (Phi) is 9.22. The summed E-state index contributed by atoms with van der Waals surface area (Å²) in [6.45, 7) is 3.31. The minimum atomic E-state index is -0.734. The maximum Gasteiger partial charge on any atom is 0.338 e. The van der Waals surface area contributed by atoms with Crippen molar-refractivity contribution in [2.24, 2.45) is 0 Å². The van der Waals surface area contributed by atoms with Crippen molar-refractivity contribution in [2.75, 3.05) is 25.1 Å².